The minimum absolute atomic E-state index is 0. The van der Waals surface area contributed by atoms with E-state index in [2.05, 4.69) is 39.4 Å². The Morgan fingerprint density at radius 3 is 1.40 bits per heavy atom. The van der Waals surface area contributed by atoms with E-state index >= 15 is 0 Å². The number of rotatable bonds is 10. The molecule has 0 radical (unpaired) electrons. The Morgan fingerprint density at radius 2 is 1.02 bits per heavy atom. The third-order valence-electron chi connectivity index (χ3n) is 12.2. The molecule has 17 heteroatoms. The average Bonchev–Trinajstić information content (AvgIpc) is 3.25. The summed E-state index contributed by atoms with van der Waals surface area (Å²) in [5.74, 6) is 0.835. The fraction of sp³-hybridized carbons (Fsp3) is 0.354. The smallest absolute Gasteiger partial charge is 0.475 e. The van der Waals surface area contributed by atoms with Crippen molar-refractivity contribution in [3.63, 3.8) is 0 Å². The quantitative estimate of drug-likeness (QED) is 0.141. The van der Waals surface area contributed by atoms with Gasteiger partial charge in [0.15, 0.2) is 0 Å². The molecule has 0 atom stereocenters. The van der Waals surface area contributed by atoms with E-state index < -0.39 is 22.2 Å². The number of para-hydroxylation sites is 4. The zero-order valence-electron chi connectivity index (χ0n) is 35.7. The molecule has 65 heavy (non-hydrogen) atoms. The fourth-order valence-electron chi connectivity index (χ4n) is 8.33. The van der Waals surface area contributed by atoms with E-state index in [1.807, 2.05) is 84.9 Å². The van der Waals surface area contributed by atoms with E-state index in [4.69, 9.17) is 31.0 Å². The molecule has 4 heterocycles. The molecule has 4 saturated heterocycles. The molecular weight excluding hydrogens is 924 g/mol. The van der Waals surface area contributed by atoms with Crippen molar-refractivity contribution in [3.8, 4) is 23.0 Å². The number of carbonyl (C=O) groups is 1. The fourth-order valence-corrected chi connectivity index (χ4v) is 10.1. The molecule has 350 valence electrons. The number of ether oxygens (including phenoxy) is 2. The number of halogens is 6. The lowest BCUT2D eigenvalue weighted by Gasteiger charge is -2.53. The molecule has 0 amide bonds. The average molecular weight is 978 g/mol. The maximum Gasteiger partial charge on any atom is 0.490 e. The molecular formula is C48H54Cl3F3N4O6S. The monoisotopic (exact) mass is 976 g/mol. The normalized spacial score (nSPS) is 17.8. The Bertz CT molecular complexity index is 2370. The number of aliphatic carboxylic acids is 1. The van der Waals surface area contributed by atoms with Crippen molar-refractivity contribution >= 4 is 52.4 Å². The van der Waals surface area contributed by atoms with Gasteiger partial charge in [-0.2, -0.15) is 17.5 Å². The zero-order chi connectivity index (χ0) is 44.5. The highest BCUT2D eigenvalue weighted by atomic mass is 35.5. The van der Waals surface area contributed by atoms with Crippen LogP contribution in [0.4, 0.5) is 13.2 Å². The summed E-state index contributed by atoms with van der Waals surface area (Å²) in [7, 11) is -3.45. The first-order valence-corrected chi connectivity index (χ1v) is 22.9. The van der Waals surface area contributed by atoms with E-state index in [1.54, 1.807) is 28.6 Å². The van der Waals surface area contributed by atoms with Crippen LogP contribution in [0.15, 0.2) is 138 Å². The van der Waals surface area contributed by atoms with Crippen LogP contribution in [0.3, 0.4) is 0 Å². The Labute approximate surface area is 396 Å². The summed E-state index contributed by atoms with van der Waals surface area (Å²) in [6, 6.07) is 42.9. The van der Waals surface area contributed by atoms with Crippen LogP contribution in [0.5, 0.6) is 23.0 Å². The van der Waals surface area contributed by atoms with Crippen molar-refractivity contribution in [2.24, 2.45) is 10.8 Å². The van der Waals surface area contributed by atoms with Gasteiger partial charge >= 0.3 is 12.1 Å². The summed E-state index contributed by atoms with van der Waals surface area (Å²) < 4.78 is 71.4. The predicted molar refractivity (Wildman–Crippen MR) is 251 cm³/mol. The van der Waals surface area contributed by atoms with Crippen molar-refractivity contribution in [2.75, 3.05) is 52.4 Å². The van der Waals surface area contributed by atoms with Crippen molar-refractivity contribution < 1.29 is 41.0 Å². The number of carboxylic acid groups (broad SMARTS) is 1. The highest BCUT2D eigenvalue weighted by Crippen LogP contribution is 2.44. The molecule has 4 aliphatic heterocycles. The highest BCUT2D eigenvalue weighted by Gasteiger charge is 2.49. The third kappa shape index (κ3) is 13.8. The summed E-state index contributed by atoms with van der Waals surface area (Å²) >= 11 is 5.91. The number of nitrogens with one attached hydrogen (secondary N) is 1. The van der Waals surface area contributed by atoms with Crippen LogP contribution in [0.1, 0.15) is 36.8 Å². The maximum atomic E-state index is 12.9. The summed E-state index contributed by atoms with van der Waals surface area (Å²) in [5.41, 5.74) is 3.14. The second kappa shape index (κ2) is 22.9. The third-order valence-corrected chi connectivity index (χ3v) is 14.3. The van der Waals surface area contributed by atoms with Crippen LogP contribution in [-0.2, 0) is 27.9 Å². The van der Waals surface area contributed by atoms with Gasteiger partial charge in [-0.1, -0.05) is 84.4 Å². The molecule has 0 unspecified atom stereocenters. The number of carboxylic acids is 1. The van der Waals surface area contributed by atoms with Gasteiger partial charge in [0.1, 0.15) is 23.0 Å². The van der Waals surface area contributed by atoms with Gasteiger partial charge in [-0.15, -0.1) is 24.8 Å². The zero-order valence-corrected chi connectivity index (χ0v) is 38.9. The number of sulfonamides is 1. The molecule has 2 spiro atoms. The van der Waals surface area contributed by atoms with Gasteiger partial charge in [0.25, 0.3) is 0 Å². The highest BCUT2D eigenvalue weighted by molar-refractivity contribution is 7.89. The van der Waals surface area contributed by atoms with E-state index in [0.717, 1.165) is 67.6 Å². The van der Waals surface area contributed by atoms with Crippen molar-refractivity contribution in [1.82, 2.24) is 19.4 Å². The van der Waals surface area contributed by atoms with Gasteiger partial charge in [0.05, 0.1) is 4.90 Å². The molecule has 0 bridgehead atoms. The van der Waals surface area contributed by atoms with Gasteiger partial charge in [0.2, 0.25) is 10.0 Å². The molecule has 5 aromatic carbocycles. The SMILES string of the molecule is Cl.Cl.O=C(O)C(F)(F)F.O=S(=O)(c1ccc(Cl)cc1)N1CC2(CCN(Cc3ccccc3Oc3ccccc3)CC2)C1.c1ccc(Oc2ccccc2CN2CCC3(CC2)CNC3)cc1. The summed E-state index contributed by atoms with van der Waals surface area (Å²) in [6.07, 6.45) is -0.438. The molecule has 0 aromatic heterocycles. The minimum Gasteiger partial charge on any atom is -0.475 e. The van der Waals surface area contributed by atoms with E-state index in [1.165, 1.54) is 44.6 Å². The van der Waals surface area contributed by atoms with E-state index in [0.29, 0.717) is 28.4 Å². The van der Waals surface area contributed by atoms with Crippen LogP contribution in [0, 0.1) is 10.8 Å². The van der Waals surface area contributed by atoms with Crippen molar-refractivity contribution in [2.45, 2.75) is 49.8 Å². The lowest BCUT2D eigenvalue weighted by molar-refractivity contribution is -0.192. The Balaban J connectivity index is 0.000000216. The Hall–Kier alpha value is -4.38. The number of nitrogens with zero attached hydrogens (tertiary/aromatic N) is 3. The predicted octanol–water partition coefficient (Wildman–Crippen LogP) is 10.6. The Kier molecular flexibility index (Phi) is 18.2. The second-order valence-electron chi connectivity index (χ2n) is 16.7. The molecule has 5 aromatic rings. The Morgan fingerprint density at radius 1 is 0.631 bits per heavy atom. The van der Waals surface area contributed by atoms with Crippen LogP contribution >= 0.6 is 36.4 Å². The molecule has 4 aliphatic rings. The number of piperidine rings is 2. The van der Waals surface area contributed by atoms with Crippen molar-refractivity contribution in [1.29, 1.82) is 0 Å². The van der Waals surface area contributed by atoms with Crippen LogP contribution < -0.4 is 14.8 Å². The number of hydrogen-bond acceptors (Lipinski definition) is 8. The first-order valence-electron chi connectivity index (χ1n) is 21.0. The topological polar surface area (TPSA) is 112 Å². The first kappa shape index (κ1) is 51.6. The largest absolute Gasteiger partial charge is 0.490 e. The number of benzene rings is 5. The van der Waals surface area contributed by atoms with E-state index in [-0.39, 0.29) is 30.2 Å². The number of likely N-dealkylation sites (tertiary alicyclic amines) is 2. The van der Waals surface area contributed by atoms with Crippen LogP contribution in [0.2, 0.25) is 5.02 Å². The number of alkyl halides is 3. The van der Waals surface area contributed by atoms with Crippen LogP contribution in [-0.4, -0.2) is 92.1 Å². The second-order valence-corrected chi connectivity index (χ2v) is 19.1. The lowest BCUT2D eigenvalue weighted by Crippen LogP contribution is -2.61. The maximum absolute atomic E-state index is 12.9. The van der Waals surface area contributed by atoms with Crippen LogP contribution in [0.25, 0.3) is 0 Å². The minimum atomic E-state index is -5.08. The first-order chi connectivity index (χ1) is 30.2. The summed E-state index contributed by atoms with van der Waals surface area (Å²) in [6.45, 7) is 9.73. The van der Waals surface area contributed by atoms with Gasteiger partial charge in [0, 0.05) is 60.8 Å². The molecule has 0 saturated carbocycles. The summed E-state index contributed by atoms with van der Waals surface area (Å²) in [5, 5.41) is 11.1. The van der Waals surface area contributed by atoms with Gasteiger partial charge in [-0.05, 0) is 118 Å². The van der Waals surface area contributed by atoms with Crippen molar-refractivity contribution in [3.05, 3.63) is 150 Å². The summed E-state index contributed by atoms with van der Waals surface area (Å²) in [4.78, 5) is 14.2. The molecule has 0 aliphatic carbocycles. The van der Waals surface area contributed by atoms with Gasteiger partial charge in [-0.25, -0.2) is 13.2 Å². The number of hydrogen-bond donors (Lipinski definition) is 2. The van der Waals surface area contributed by atoms with Gasteiger partial charge < -0.3 is 19.9 Å². The van der Waals surface area contributed by atoms with E-state index in [9.17, 15) is 21.6 Å². The molecule has 2 N–H and O–H groups in total. The molecule has 10 nitrogen and oxygen atoms in total. The van der Waals surface area contributed by atoms with Gasteiger partial charge in [-0.3, -0.25) is 9.80 Å². The molecule has 4 fully saturated rings. The lowest BCUT2D eigenvalue weighted by atomic mass is 9.73. The molecule has 9 rings (SSSR count). The standard InChI is InChI=1S/C26H27ClN2O3S.C20H24N2O.C2HF3O2.2ClH/c27-22-10-12-24(13-11-22)33(30,31)29-19-26(20-29)14-16-28(17-15-26)18-21-6-4-5-9-25(21)32-23-7-2-1-3-8-23;1-2-7-18(8-3-1)23-19-9-5-4-6-17(19)14-22-12-10-20(11-13-22)15-21-16-20;3-2(4,5)1(6)7;;/h1-13H,14-20H2;1-9,21H,10-16H2;(H,6,7);2*1H.